The summed E-state index contributed by atoms with van der Waals surface area (Å²) in [5.74, 6) is 0.0208. The summed E-state index contributed by atoms with van der Waals surface area (Å²) in [6.07, 6.45) is 2.22. The molecule has 0 aliphatic heterocycles. The monoisotopic (exact) mass is 151 g/mol. The standard InChI is InChI=1S/C8H10N2O/c1-9-8(11)6-7-4-2-3-5-10-7/h2-5H,6H2,1H3,(H,9,11)/p+1. The van der Waals surface area contributed by atoms with E-state index in [2.05, 4.69) is 10.3 Å². The first-order valence-corrected chi connectivity index (χ1v) is 3.49. The molecule has 1 aromatic heterocycles. The van der Waals surface area contributed by atoms with E-state index in [0.29, 0.717) is 6.42 Å². The van der Waals surface area contributed by atoms with Crippen LogP contribution in [-0.4, -0.2) is 13.0 Å². The quantitative estimate of drug-likeness (QED) is 0.624. The molecule has 11 heavy (non-hydrogen) atoms. The highest BCUT2D eigenvalue weighted by molar-refractivity contribution is 5.77. The highest BCUT2D eigenvalue weighted by atomic mass is 16.1. The number of hydrogen-bond donors (Lipinski definition) is 1. The molecule has 1 aromatic rings. The van der Waals surface area contributed by atoms with Gasteiger partial charge in [-0.05, 0) is 0 Å². The van der Waals surface area contributed by atoms with Crippen LogP contribution in [0.5, 0.6) is 0 Å². The van der Waals surface area contributed by atoms with Crippen LogP contribution in [0.3, 0.4) is 0 Å². The van der Waals surface area contributed by atoms with E-state index in [0.717, 1.165) is 5.69 Å². The van der Waals surface area contributed by atoms with Crippen LogP contribution in [-0.2, 0) is 11.2 Å². The maximum absolute atomic E-state index is 10.9. The average Bonchev–Trinajstić information content (AvgIpc) is 2.06. The molecule has 0 spiro atoms. The van der Waals surface area contributed by atoms with Crippen LogP contribution >= 0.6 is 0 Å². The Morgan fingerprint density at radius 2 is 2.45 bits per heavy atom. The largest absolute Gasteiger partial charge is 0.359 e. The first kappa shape index (κ1) is 7.72. The Balaban J connectivity index is 2.58. The van der Waals surface area contributed by atoms with Crippen LogP contribution in [0.4, 0.5) is 0 Å². The number of carbonyl (C=O) groups is 1. The molecule has 1 heterocycles. The maximum atomic E-state index is 10.9. The van der Waals surface area contributed by atoms with Gasteiger partial charge in [0.05, 0.1) is 0 Å². The third-order valence-electron chi connectivity index (χ3n) is 1.40. The fourth-order valence-electron chi connectivity index (χ4n) is 0.802. The van der Waals surface area contributed by atoms with E-state index in [4.69, 9.17) is 0 Å². The van der Waals surface area contributed by atoms with Crippen LogP contribution in [0.1, 0.15) is 5.69 Å². The van der Waals surface area contributed by atoms with Gasteiger partial charge in [0, 0.05) is 19.2 Å². The predicted molar refractivity (Wildman–Crippen MR) is 40.8 cm³/mol. The number of aromatic nitrogens is 1. The Morgan fingerprint density at radius 1 is 1.64 bits per heavy atom. The maximum Gasteiger partial charge on any atom is 0.230 e. The van der Waals surface area contributed by atoms with E-state index >= 15 is 0 Å². The molecule has 0 saturated carbocycles. The molecule has 58 valence electrons. The number of carbonyl (C=O) groups excluding carboxylic acids is 1. The first-order valence-electron chi connectivity index (χ1n) is 3.49. The summed E-state index contributed by atoms with van der Waals surface area (Å²) in [7, 11) is 1.63. The smallest absolute Gasteiger partial charge is 0.230 e. The van der Waals surface area contributed by atoms with Crippen molar-refractivity contribution in [2.45, 2.75) is 6.42 Å². The molecule has 3 nitrogen and oxygen atoms in total. The second-order valence-corrected chi connectivity index (χ2v) is 2.24. The van der Waals surface area contributed by atoms with Crippen LogP contribution in [0.2, 0.25) is 0 Å². The highest BCUT2D eigenvalue weighted by Crippen LogP contribution is 1.88. The number of amides is 1. The number of pyridine rings is 1. The van der Waals surface area contributed by atoms with Gasteiger partial charge in [-0.3, -0.25) is 4.79 Å². The van der Waals surface area contributed by atoms with Crippen molar-refractivity contribution in [1.29, 1.82) is 0 Å². The molecular weight excluding hydrogens is 140 g/mol. The second-order valence-electron chi connectivity index (χ2n) is 2.24. The van der Waals surface area contributed by atoms with Crippen molar-refractivity contribution in [3.63, 3.8) is 0 Å². The van der Waals surface area contributed by atoms with Gasteiger partial charge in [-0.15, -0.1) is 0 Å². The third kappa shape index (κ3) is 2.37. The fraction of sp³-hybridized carbons (Fsp3) is 0.250. The molecule has 2 N–H and O–H groups in total. The summed E-state index contributed by atoms with van der Waals surface area (Å²) in [5.41, 5.74) is 0.923. The van der Waals surface area contributed by atoms with Crippen molar-refractivity contribution in [3.05, 3.63) is 30.1 Å². The molecule has 0 radical (unpaired) electrons. The number of rotatable bonds is 2. The fourth-order valence-corrected chi connectivity index (χ4v) is 0.802. The molecule has 0 bridgehead atoms. The molecule has 1 rings (SSSR count). The van der Waals surface area contributed by atoms with Gasteiger partial charge in [0.1, 0.15) is 6.42 Å². The molecule has 3 heteroatoms. The number of nitrogens with one attached hydrogen (secondary N) is 2. The molecule has 0 atom stereocenters. The van der Waals surface area contributed by atoms with Crippen LogP contribution in [0.15, 0.2) is 24.4 Å². The molecular formula is C8H11N2O+. The number of aromatic amines is 1. The number of H-pyrrole nitrogens is 1. The molecule has 0 saturated heterocycles. The minimum atomic E-state index is 0.0208. The van der Waals surface area contributed by atoms with Gasteiger partial charge in [-0.25, -0.2) is 4.98 Å². The van der Waals surface area contributed by atoms with E-state index in [-0.39, 0.29) is 5.91 Å². The molecule has 0 aliphatic rings. The third-order valence-corrected chi connectivity index (χ3v) is 1.40. The minimum absolute atomic E-state index is 0.0208. The zero-order chi connectivity index (χ0) is 8.10. The topological polar surface area (TPSA) is 43.2 Å². The van der Waals surface area contributed by atoms with Gasteiger partial charge >= 0.3 is 0 Å². The molecule has 0 aliphatic carbocycles. The summed E-state index contributed by atoms with van der Waals surface area (Å²) in [4.78, 5) is 13.8. The van der Waals surface area contributed by atoms with Crippen LogP contribution in [0, 0.1) is 0 Å². The van der Waals surface area contributed by atoms with Gasteiger partial charge in [0.2, 0.25) is 5.91 Å². The summed E-state index contributed by atoms with van der Waals surface area (Å²) < 4.78 is 0. The van der Waals surface area contributed by atoms with Gasteiger partial charge in [0.15, 0.2) is 11.9 Å². The van der Waals surface area contributed by atoms with Crippen molar-refractivity contribution in [2.75, 3.05) is 7.05 Å². The van der Waals surface area contributed by atoms with E-state index in [9.17, 15) is 4.79 Å². The van der Waals surface area contributed by atoms with Crippen molar-refractivity contribution in [1.82, 2.24) is 5.32 Å². The lowest BCUT2D eigenvalue weighted by atomic mass is 10.2. The van der Waals surface area contributed by atoms with Gasteiger partial charge in [-0.2, -0.15) is 0 Å². The van der Waals surface area contributed by atoms with Gasteiger partial charge in [0.25, 0.3) is 0 Å². The summed E-state index contributed by atoms with van der Waals surface area (Å²) in [5, 5.41) is 2.55. The van der Waals surface area contributed by atoms with Crippen LogP contribution < -0.4 is 10.3 Å². The van der Waals surface area contributed by atoms with E-state index in [1.54, 1.807) is 13.2 Å². The van der Waals surface area contributed by atoms with Crippen molar-refractivity contribution in [2.24, 2.45) is 0 Å². The van der Waals surface area contributed by atoms with Gasteiger partial charge in [-0.1, -0.05) is 6.07 Å². The predicted octanol–water partition coefficient (Wildman–Crippen LogP) is -0.211. The highest BCUT2D eigenvalue weighted by Gasteiger charge is 2.04. The minimum Gasteiger partial charge on any atom is -0.359 e. The lowest BCUT2D eigenvalue weighted by Crippen LogP contribution is -2.23. The molecule has 0 unspecified atom stereocenters. The molecule has 0 fully saturated rings. The van der Waals surface area contributed by atoms with Gasteiger partial charge < -0.3 is 5.32 Å². The molecule has 1 amide bonds. The summed E-state index contributed by atoms with van der Waals surface area (Å²) in [6.45, 7) is 0. The molecule has 0 aromatic carbocycles. The lowest BCUT2D eigenvalue weighted by Gasteiger charge is -1.92. The lowest BCUT2D eigenvalue weighted by molar-refractivity contribution is -0.389. The van der Waals surface area contributed by atoms with Crippen molar-refractivity contribution >= 4 is 5.91 Å². The van der Waals surface area contributed by atoms with Crippen molar-refractivity contribution < 1.29 is 9.78 Å². The Hall–Kier alpha value is -1.38. The summed E-state index contributed by atoms with van der Waals surface area (Å²) >= 11 is 0. The van der Waals surface area contributed by atoms with Crippen molar-refractivity contribution in [3.8, 4) is 0 Å². The normalized spacial score (nSPS) is 9.18. The Labute approximate surface area is 65.5 Å². The number of hydrogen-bond acceptors (Lipinski definition) is 1. The zero-order valence-electron chi connectivity index (χ0n) is 6.42. The van der Waals surface area contributed by atoms with Crippen LogP contribution in [0.25, 0.3) is 0 Å². The Bertz CT molecular complexity index is 233. The average molecular weight is 151 g/mol. The Morgan fingerprint density at radius 3 is 3.00 bits per heavy atom. The van der Waals surface area contributed by atoms with E-state index in [1.165, 1.54) is 0 Å². The zero-order valence-corrected chi connectivity index (χ0v) is 6.42. The van der Waals surface area contributed by atoms with E-state index < -0.39 is 0 Å². The SMILES string of the molecule is CNC(=O)Cc1cccc[nH+]1. The van der Waals surface area contributed by atoms with E-state index in [1.807, 2.05) is 18.2 Å². The summed E-state index contributed by atoms with van der Waals surface area (Å²) in [6, 6.07) is 5.66. The number of likely N-dealkylation sites (N-methyl/N-ethyl adjacent to an activating group) is 1. The second kappa shape index (κ2) is 3.71. The first-order chi connectivity index (χ1) is 5.33. The Kier molecular flexibility index (Phi) is 2.60.